The fraction of sp³-hybridized carbons (Fsp3) is 0.190. The van der Waals surface area contributed by atoms with Crippen molar-refractivity contribution < 1.29 is 9.47 Å². The Morgan fingerprint density at radius 2 is 1.93 bits per heavy atom. The van der Waals surface area contributed by atoms with Gasteiger partial charge in [-0.15, -0.1) is 5.10 Å². The summed E-state index contributed by atoms with van der Waals surface area (Å²) in [7, 11) is 1.61. The number of aromatic amines is 1. The van der Waals surface area contributed by atoms with Gasteiger partial charge in [-0.2, -0.15) is 9.50 Å². The molecule has 0 aliphatic heterocycles. The van der Waals surface area contributed by atoms with Gasteiger partial charge in [0.15, 0.2) is 5.82 Å². The van der Waals surface area contributed by atoms with Gasteiger partial charge in [0.1, 0.15) is 11.5 Å². The van der Waals surface area contributed by atoms with E-state index >= 15 is 0 Å². The Morgan fingerprint density at radius 3 is 2.69 bits per heavy atom. The van der Waals surface area contributed by atoms with E-state index in [1.165, 1.54) is 10.6 Å². The van der Waals surface area contributed by atoms with Crippen LogP contribution in [0.5, 0.6) is 11.5 Å². The van der Waals surface area contributed by atoms with Crippen LogP contribution in [0.25, 0.3) is 17.2 Å². The summed E-state index contributed by atoms with van der Waals surface area (Å²) in [5.74, 6) is 2.36. The largest absolute Gasteiger partial charge is 0.497 e. The number of benzene rings is 2. The van der Waals surface area contributed by atoms with E-state index in [9.17, 15) is 4.79 Å². The van der Waals surface area contributed by atoms with Crippen molar-refractivity contribution in [1.82, 2.24) is 19.6 Å². The Balaban J connectivity index is 1.59. The minimum Gasteiger partial charge on any atom is -0.497 e. The molecule has 8 heteroatoms. The van der Waals surface area contributed by atoms with Gasteiger partial charge in [-0.05, 0) is 43.3 Å². The summed E-state index contributed by atoms with van der Waals surface area (Å²) < 4.78 is 12.0. The lowest BCUT2D eigenvalue weighted by Gasteiger charge is -2.12. The number of methoxy groups -OCH3 is 1. The second-order valence-corrected chi connectivity index (χ2v) is 6.31. The van der Waals surface area contributed by atoms with Crippen molar-refractivity contribution in [2.75, 3.05) is 19.0 Å². The average molecular weight is 391 g/mol. The van der Waals surface area contributed by atoms with Crippen molar-refractivity contribution in [3.05, 3.63) is 70.6 Å². The fourth-order valence-corrected chi connectivity index (χ4v) is 2.98. The van der Waals surface area contributed by atoms with Crippen LogP contribution in [0, 0.1) is 0 Å². The molecule has 0 aliphatic carbocycles. The van der Waals surface area contributed by atoms with E-state index in [1.54, 1.807) is 7.11 Å². The molecular formula is C21H21N5O3. The van der Waals surface area contributed by atoms with Gasteiger partial charge in [-0.1, -0.05) is 12.1 Å². The van der Waals surface area contributed by atoms with E-state index in [0.29, 0.717) is 30.4 Å². The topological polar surface area (TPSA) is 93.5 Å². The predicted molar refractivity (Wildman–Crippen MR) is 111 cm³/mol. The third kappa shape index (κ3) is 3.91. The van der Waals surface area contributed by atoms with E-state index in [-0.39, 0.29) is 5.56 Å². The quantitative estimate of drug-likeness (QED) is 0.503. The van der Waals surface area contributed by atoms with E-state index in [4.69, 9.17) is 9.47 Å². The molecule has 0 radical (unpaired) electrons. The highest BCUT2D eigenvalue weighted by Crippen LogP contribution is 2.24. The number of rotatable bonds is 7. The first-order valence-corrected chi connectivity index (χ1v) is 9.27. The van der Waals surface area contributed by atoms with Gasteiger partial charge in [0, 0.05) is 17.3 Å². The summed E-state index contributed by atoms with van der Waals surface area (Å²) >= 11 is 0. The first-order chi connectivity index (χ1) is 14.2. The average Bonchev–Trinajstić information content (AvgIpc) is 3.18. The van der Waals surface area contributed by atoms with Gasteiger partial charge in [0.05, 0.1) is 25.9 Å². The van der Waals surface area contributed by atoms with Gasteiger partial charge in [-0.25, -0.2) is 0 Å². The minimum atomic E-state index is -0.249. The molecule has 2 aromatic carbocycles. The molecule has 0 unspecified atom stereocenters. The van der Waals surface area contributed by atoms with Crippen LogP contribution in [0.3, 0.4) is 0 Å². The molecule has 4 aromatic rings. The van der Waals surface area contributed by atoms with Crippen molar-refractivity contribution in [3.8, 4) is 22.9 Å². The summed E-state index contributed by atoms with van der Waals surface area (Å²) in [5.41, 5.74) is 2.10. The summed E-state index contributed by atoms with van der Waals surface area (Å²) in [6.45, 7) is 2.93. The highest BCUT2D eigenvalue weighted by Gasteiger charge is 2.11. The van der Waals surface area contributed by atoms with E-state index < -0.39 is 0 Å². The molecule has 0 bridgehead atoms. The predicted octanol–water partition coefficient (Wildman–Crippen LogP) is 3.10. The highest BCUT2D eigenvalue weighted by molar-refractivity contribution is 5.58. The lowest BCUT2D eigenvalue weighted by atomic mass is 10.2. The molecule has 2 N–H and O–H groups in total. The number of nitrogens with zero attached hydrogens (tertiary/aromatic N) is 3. The second kappa shape index (κ2) is 8.05. The molecule has 4 rings (SSSR count). The lowest BCUT2D eigenvalue weighted by molar-refractivity contribution is 0.341. The van der Waals surface area contributed by atoms with Crippen molar-refractivity contribution >= 4 is 11.5 Å². The van der Waals surface area contributed by atoms with E-state index in [0.717, 1.165) is 22.7 Å². The number of hydrogen-bond acceptors (Lipinski definition) is 6. The normalized spacial score (nSPS) is 10.8. The minimum absolute atomic E-state index is 0.249. The number of H-pyrrole nitrogens is 1. The molecule has 0 saturated heterocycles. The van der Waals surface area contributed by atoms with Crippen molar-refractivity contribution in [2.24, 2.45) is 0 Å². The monoisotopic (exact) mass is 391 g/mol. The molecule has 0 fully saturated rings. The van der Waals surface area contributed by atoms with Gasteiger partial charge in [0.2, 0.25) is 5.78 Å². The second-order valence-electron chi connectivity index (χ2n) is 6.31. The smallest absolute Gasteiger partial charge is 0.275 e. The zero-order valence-corrected chi connectivity index (χ0v) is 16.2. The number of para-hydroxylation sites is 2. The molecule has 148 valence electrons. The van der Waals surface area contributed by atoms with Crippen LogP contribution in [-0.4, -0.2) is 33.3 Å². The van der Waals surface area contributed by atoms with Crippen LogP contribution < -0.4 is 20.3 Å². The Hall–Kier alpha value is -3.81. The Morgan fingerprint density at radius 1 is 1.14 bits per heavy atom. The summed E-state index contributed by atoms with van der Waals surface area (Å²) in [6, 6.07) is 16.5. The third-order valence-corrected chi connectivity index (χ3v) is 4.39. The molecule has 29 heavy (non-hydrogen) atoms. The Kier molecular flexibility index (Phi) is 5.15. The first kappa shape index (κ1) is 18.5. The number of aromatic nitrogens is 4. The fourth-order valence-electron chi connectivity index (χ4n) is 2.98. The molecule has 0 amide bonds. The molecule has 2 aromatic heterocycles. The summed E-state index contributed by atoms with van der Waals surface area (Å²) in [6.07, 6.45) is 0. The van der Waals surface area contributed by atoms with Crippen LogP contribution in [0.2, 0.25) is 0 Å². The molecule has 0 saturated carbocycles. The molecule has 2 heterocycles. The van der Waals surface area contributed by atoms with Crippen LogP contribution in [0.15, 0.2) is 59.4 Å². The van der Waals surface area contributed by atoms with Gasteiger partial charge in [-0.3, -0.25) is 4.79 Å². The molecule has 0 aliphatic rings. The SMILES string of the molecule is CCOc1ccccc1NCc1cc(=O)n2nc(-c3ccc(OC)cc3)nc2[nH]1. The zero-order valence-electron chi connectivity index (χ0n) is 16.2. The Bertz CT molecular complexity index is 1180. The lowest BCUT2D eigenvalue weighted by Crippen LogP contribution is -2.17. The highest BCUT2D eigenvalue weighted by atomic mass is 16.5. The maximum atomic E-state index is 12.5. The van der Waals surface area contributed by atoms with Gasteiger partial charge in [0.25, 0.3) is 5.56 Å². The number of ether oxygens (including phenoxy) is 2. The van der Waals surface area contributed by atoms with Crippen LogP contribution in [-0.2, 0) is 6.54 Å². The molecular weight excluding hydrogens is 370 g/mol. The van der Waals surface area contributed by atoms with Crippen molar-refractivity contribution in [3.63, 3.8) is 0 Å². The summed E-state index contributed by atoms with van der Waals surface area (Å²) in [4.78, 5) is 20.1. The van der Waals surface area contributed by atoms with Crippen LogP contribution in [0.4, 0.5) is 5.69 Å². The van der Waals surface area contributed by atoms with E-state index in [1.807, 2.05) is 55.5 Å². The van der Waals surface area contributed by atoms with Crippen molar-refractivity contribution in [2.45, 2.75) is 13.5 Å². The van der Waals surface area contributed by atoms with Crippen molar-refractivity contribution in [1.29, 1.82) is 0 Å². The molecule has 0 atom stereocenters. The van der Waals surface area contributed by atoms with Crippen LogP contribution in [0.1, 0.15) is 12.6 Å². The van der Waals surface area contributed by atoms with Gasteiger partial charge < -0.3 is 19.8 Å². The zero-order chi connectivity index (χ0) is 20.2. The van der Waals surface area contributed by atoms with E-state index in [2.05, 4.69) is 20.4 Å². The maximum Gasteiger partial charge on any atom is 0.275 e. The number of fused-ring (bicyclic) bond motifs is 1. The first-order valence-electron chi connectivity index (χ1n) is 9.27. The summed E-state index contributed by atoms with van der Waals surface area (Å²) in [5, 5.41) is 7.61. The van der Waals surface area contributed by atoms with Gasteiger partial charge >= 0.3 is 0 Å². The van der Waals surface area contributed by atoms with Crippen LogP contribution >= 0.6 is 0 Å². The number of hydrogen-bond donors (Lipinski definition) is 2. The molecule has 0 spiro atoms. The third-order valence-electron chi connectivity index (χ3n) is 4.39. The maximum absolute atomic E-state index is 12.5. The number of anilines is 1. The standard InChI is InChI=1S/C21H21N5O3/c1-3-29-18-7-5-4-6-17(18)22-13-15-12-19(27)26-21(23-15)24-20(25-26)14-8-10-16(28-2)11-9-14/h4-12,22H,3,13H2,1-2H3,(H,23,24,25). The Labute approximate surface area is 167 Å². The molecule has 8 nitrogen and oxygen atoms in total. The number of nitrogens with one attached hydrogen (secondary N) is 2.